The Bertz CT molecular complexity index is 934. The van der Waals surface area contributed by atoms with Gasteiger partial charge >= 0.3 is 0 Å². The Kier molecular flexibility index (Phi) is 5.44. The average molecular weight is 389 g/mol. The van der Waals surface area contributed by atoms with Crippen molar-refractivity contribution in [3.63, 3.8) is 0 Å². The van der Waals surface area contributed by atoms with Crippen molar-refractivity contribution in [2.75, 3.05) is 5.32 Å². The summed E-state index contributed by atoms with van der Waals surface area (Å²) >= 11 is 7.23. The zero-order chi connectivity index (χ0) is 18.7. The van der Waals surface area contributed by atoms with Gasteiger partial charge in [0.1, 0.15) is 0 Å². The fourth-order valence-corrected chi connectivity index (χ4v) is 3.64. The average Bonchev–Trinajstić information content (AvgIpc) is 3.24. The summed E-state index contributed by atoms with van der Waals surface area (Å²) in [6.07, 6.45) is 1.44. The van der Waals surface area contributed by atoms with E-state index in [1.54, 1.807) is 24.3 Å². The summed E-state index contributed by atoms with van der Waals surface area (Å²) in [5.41, 5.74) is 1.71. The first-order valence-electron chi connectivity index (χ1n) is 7.95. The molecule has 5 nitrogen and oxygen atoms in total. The molecule has 2 heterocycles. The van der Waals surface area contributed by atoms with Gasteiger partial charge in [-0.2, -0.15) is 0 Å². The van der Waals surface area contributed by atoms with E-state index in [-0.39, 0.29) is 23.6 Å². The van der Waals surface area contributed by atoms with Crippen molar-refractivity contribution in [2.24, 2.45) is 0 Å². The highest BCUT2D eigenvalue weighted by Gasteiger charge is 2.18. The van der Waals surface area contributed by atoms with Crippen LogP contribution >= 0.6 is 22.9 Å². The van der Waals surface area contributed by atoms with Gasteiger partial charge < -0.3 is 15.1 Å². The molecule has 26 heavy (non-hydrogen) atoms. The number of amides is 2. The number of carbonyl (C=O) groups excluding carboxylic acids is 2. The van der Waals surface area contributed by atoms with Gasteiger partial charge in [-0.25, -0.2) is 0 Å². The fourth-order valence-electron chi connectivity index (χ4n) is 2.47. The third kappa shape index (κ3) is 4.15. The molecule has 0 bridgehead atoms. The van der Waals surface area contributed by atoms with Crippen molar-refractivity contribution < 1.29 is 14.0 Å². The van der Waals surface area contributed by atoms with E-state index in [1.807, 2.05) is 32.0 Å². The molecule has 0 aliphatic rings. The molecule has 0 fully saturated rings. The third-order valence-corrected chi connectivity index (χ3v) is 5.19. The summed E-state index contributed by atoms with van der Waals surface area (Å²) in [6, 6.07) is 12.2. The maximum atomic E-state index is 12.6. The summed E-state index contributed by atoms with van der Waals surface area (Å²) in [5.74, 6) is -0.328. The summed E-state index contributed by atoms with van der Waals surface area (Å²) in [6.45, 7) is 3.73. The van der Waals surface area contributed by atoms with E-state index in [9.17, 15) is 9.59 Å². The van der Waals surface area contributed by atoms with E-state index in [1.165, 1.54) is 17.6 Å². The van der Waals surface area contributed by atoms with Gasteiger partial charge in [-0.05, 0) is 55.3 Å². The molecule has 2 N–H and O–H groups in total. The zero-order valence-corrected chi connectivity index (χ0v) is 15.8. The second-order valence-corrected chi connectivity index (χ2v) is 7.29. The van der Waals surface area contributed by atoms with E-state index in [0.29, 0.717) is 14.9 Å². The predicted molar refractivity (Wildman–Crippen MR) is 103 cm³/mol. The molecule has 0 spiro atoms. The maximum absolute atomic E-state index is 12.6. The molecule has 2 amide bonds. The normalized spacial score (nSPS) is 11.8. The number of rotatable bonds is 5. The van der Waals surface area contributed by atoms with E-state index in [4.69, 9.17) is 16.0 Å². The van der Waals surface area contributed by atoms with Crippen LogP contribution in [-0.4, -0.2) is 11.8 Å². The Labute approximate surface area is 160 Å². The smallest absolute Gasteiger partial charge is 0.291 e. The lowest BCUT2D eigenvalue weighted by Gasteiger charge is -2.14. The molecule has 7 heteroatoms. The molecule has 0 aliphatic heterocycles. The van der Waals surface area contributed by atoms with E-state index in [2.05, 4.69) is 10.6 Å². The van der Waals surface area contributed by atoms with Crippen molar-refractivity contribution in [1.29, 1.82) is 0 Å². The molecule has 0 aliphatic carbocycles. The van der Waals surface area contributed by atoms with Crippen molar-refractivity contribution in [2.45, 2.75) is 19.9 Å². The van der Waals surface area contributed by atoms with Crippen molar-refractivity contribution >= 4 is 39.8 Å². The minimum absolute atomic E-state index is 0.191. The molecule has 3 rings (SSSR count). The fraction of sp³-hybridized carbons (Fsp3) is 0.158. The molecule has 1 aromatic carbocycles. The quantitative estimate of drug-likeness (QED) is 0.642. The predicted octanol–water partition coefficient (Wildman–Crippen LogP) is 5.05. The molecular formula is C19H17ClN2O3S. The summed E-state index contributed by atoms with van der Waals surface area (Å²) in [7, 11) is 0. The number of furan rings is 1. The number of hydrogen-bond acceptors (Lipinski definition) is 4. The van der Waals surface area contributed by atoms with Crippen molar-refractivity contribution in [3.8, 4) is 0 Å². The lowest BCUT2D eigenvalue weighted by Crippen LogP contribution is -2.26. The van der Waals surface area contributed by atoms with Crippen LogP contribution in [0.25, 0.3) is 0 Å². The first-order chi connectivity index (χ1) is 12.4. The first kappa shape index (κ1) is 18.2. The van der Waals surface area contributed by atoms with Gasteiger partial charge in [-0.1, -0.05) is 23.7 Å². The standard InChI is InChI=1S/C19H17ClN2O3S/c1-11-9-16(22-18(23)15-7-4-8-25-15)26-17(11)19(24)21-12(2)13-5-3-6-14(20)10-13/h3-10,12H,1-2H3,(H,21,24)(H,22,23)/t12-/m0/s1. The minimum atomic E-state index is -0.351. The molecule has 0 unspecified atom stereocenters. The number of benzene rings is 1. The summed E-state index contributed by atoms with van der Waals surface area (Å²) in [4.78, 5) is 25.2. The second kappa shape index (κ2) is 7.76. The number of carbonyl (C=O) groups is 2. The molecule has 2 aromatic heterocycles. The number of thiophene rings is 1. The first-order valence-corrected chi connectivity index (χ1v) is 9.15. The van der Waals surface area contributed by atoms with Gasteiger partial charge in [0.05, 0.1) is 22.2 Å². The van der Waals surface area contributed by atoms with Crippen LogP contribution in [0, 0.1) is 6.92 Å². The monoisotopic (exact) mass is 388 g/mol. The highest BCUT2D eigenvalue weighted by molar-refractivity contribution is 7.18. The zero-order valence-electron chi connectivity index (χ0n) is 14.2. The molecule has 3 aromatic rings. The maximum Gasteiger partial charge on any atom is 0.291 e. The van der Waals surface area contributed by atoms with Gasteiger partial charge in [0.25, 0.3) is 11.8 Å². The molecular weight excluding hydrogens is 372 g/mol. The number of nitrogens with one attached hydrogen (secondary N) is 2. The molecule has 0 saturated carbocycles. The number of hydrogen-bond donors (Lipinski definition) is 2. The van der Waals surface area contributed by atoms with Crippen molar-refractivity contribution in [1.82, 2.24) is 5.32 Å². The number of anilines is 1. The Morgan fingerprint density at radius 1 is 1.15 bits per heavy atom. The van der Waals surface area contributed by atoms with E-state index >= 15 is 0 Å². The van der Waals surface area contributed by atoms with Crippen molar-refractivity contribution in [3.05, 3.63) is 75.5 Å². The third-order valence-electron chi connectivity index (χ3n) is 3.80. The Morgan fingerprint density at radius 2 is 1.96 bits per heavy atom. The lowest BCUT2D eigenvalue weighted by atomic mass is 10.1. The van der Waals surface area contributed by atoms with E-state index < -0.39 is 0 Å². The number of aryl methyl sites for hydroxylation is 1. The SMILES string of the molecule is Cc1cc(NC(=O)c2ccco2)sc1C(=O)N[C@@H](C)c1cccc(Cl)c1. The van der Waals surface area contributed by atoms with Crippen LogP contribution in [-0.2, 0) is 0 Å². The van der Waals surface area contributed by atoms with Crippen LogP contribution in [0.4, 0.5) is 5.00 Å². The largest absolute Gasteiger partial charge is 0.459 e. The Balaban J connectivity index is 1.70. The number of halogens is 1. The van der Waals surface area contributed by atoms with Gasteiger partial charge in [0, 0.05) is 5.02 Å². The van der Waals surface area contributed by atoms with Crippen LogP contribution in [0.3, 0.4) is 0 Å². The molecule has 0 saturated heterocycles. The molecule has 134 valence electrons. The van der Waals surface area contributed by atoms with Crippen LogP contribution in [0.1, 0.15) is 44.3 Å². The van der Waals surface area contributed by atoms with Crippen LogP contribution < -0.4 is 10.6 Å². The highest BCUT2D eigenvalue weighted by atomic mass is 35.5. The second-order valence-electron chi connectivity index (χ2n) is 5.80. The molecule has 1 atom stereocenters. The Morgan fingerprint density at radius 3 is 2.65 bits per heavy atom. The topological polar surface area (TPSA) is 71.3 Å². The van der Waals surface area contributed by atoms with Gasteiger partial charge in [0.2, 0.25) is 0 Å². The minimum Gasteiger partial charge on any atom is -0.459 e. The summed E-state index contributed by atoms with van der Waals surface area (Å²) in [5, 5.41) is 6.91. The summed E-state index contributed by atoms with van der Waals surface area (Å²) < 4.78 is 5.07. The van der Waals surface area contributed by atoms with E-state index in [0.717, 1.165) is 11.1 Å². The van der Waals surface area contributed by atoms with Crippen LogP contribution in [0.15, 0.2) is 53.1 Å². The van der Waals surface area contributed by atoms with Crippen LogP contribution in [0.2, 0.25) is 5.02 Å². The lowest BCUT2D eigenvalue weighted by molar-refractivity contribution is 0.0942. The Hall–Kier alpha value is -2.57. The van der Waals surface area contributed by atoms with Gasteiger partial charge in [-0.3, -0.25) is 9.59 Å². The molecule has 0 radical (unpaired) electrons. The highest BCUT2D eigenvalue weighted by Crippen LogP contribution is 2.28. The van der Waals surface area contributed by atoms with Gasteiger partial charge in [-0.15, -0.1) is 11.3 Å². The van der Waals surface area contributed by atoms with Crippen LogP contribution in [0.5, 0.6) is 0 Å². The van der Waals surface area contributed by atoms with Gasteiger partial charge in [0.15, 0.2) is 5.76 Å².